The van der Waals surface area contributed by atoms with Crippen LogP contribution in [0.3, 0.4) is 0 Å². The van der Waals surface area contributed by atoms with E-state index >= 15 is 0 Å². The molecule has 0 fully saturated rings. The zero-order chi connectivity index (χ0) is 22.3. The van der Waals surface area contributed by atoms with Crippen LogP contribution in [0.1, 0.15) is 19.4 Å². The van der Waals surface area contributed by atoms with Crippen LogP contribution in [0.25, 0.3) is 0 Å². The van der Waals surface area contributed by atoms with Gasteiger partial charge in [0.05, 0.1) is 18.4 Å². The van der Waals surface area contributed by atoms with Gasteiger partial charge in [0.1, 0.15) is 15.6 Å². The highest BCUT2D eigenvalue weighted by molar-refractivity contribution is 14.0. The molecule has 0 saturated carbocycles. The van der Waals surface area contributed by atoms with E-state index in [-0.39, 0.29) is 49.2 Å². The van der Waals surface area contributed by atoms with Crippen LogP contribution in [0.5, 0.6) is 17.2 Å². The maximum Gasteiger partial charge on any atom is 0.231 e. The second-order valence-corrected chi connectivity index (χ2v) is 9.80. The molecular weight excluding hydrogens is 545 g/mol. The van der Waals surface area contributed by atoms with E-state index in [2.05, 4.69) is 15.6 Å². The molecule has 8 nitrogen and oxygen atoms in total. The first-order valence-electron chi connectivity index (χ1n) is 10.2. The highest BCUT2D eigenvalue weighted by Crippen LogP contribution is 2.32. The van der Waals surface area contributed by atoms with Crippen LogP contribution < -0.4 is 24.8 Å². The fourth-order valence-corrected chi connectivity index (χ4v) is 3.33. The summed E-state index contributed by atoms with van der Waals surface area (Å²) >= 11 is 0. The van der Waals surface area contributed by atoms with Crippen molar-refractivity contribution in [3.63, 3.8) is 0 Å². The number of fused-ring (bicyclic) bond motifs is 1. The number of sulfone groups is 1. The fourth-order valence-electron chi connectivity index (χ4n) is 2.91. The van der Waals surface area contributed by atoms with Crippen LogP contribution in [0.15, 0.2) is 47.5 Å². The Kier molecular flexibility index (Phi) is 9.88. The maximum atomic E-state index is 11.4. The summed E-state index contributed by atoms with van der Waals surface area (Å²) < 4.78 is 39.3. The zero-order valence-electron chi connectivity index (χ0n) is 18.5. The summed E-state index contributed by atoms with van der Waals surface area (Å²) in [5.41, 5.74) is 1.92. The molecule has 0 aromatic heterocycles. The van der Waals surface area contributed by atoms with Gasteiger partial charge in [-0.1, -0.05) is 6.07 Å². The van der Waals surface area contributed by atoms with Crippen molar-refractivity contribution < 1.29 is 22.6 Å². The van der Waals surface area contributed by atoms with Crippen LogP contribution in [0.2, 0.25) is 0 Å². The molecule has 0 amide bonds. The average Bonchev–Trinajstić information content (AvgIpc) is 3.16. The van der Waals surface area contributed by atoms with Gasteiger partial charge in [-0.15, -0.1) is 24.0 Å². The van der Waals surface area contributed by atoms with Gasteiger partial charge in [0.25, 0.3) is 0 Å². The molecule has 2 N–H and O–H groups in total. The maximum absolute atomic E-state index is 11.4. The van der Waals surface area contributed by atoms with Crippen LogP contribution in [0.4, 0.5) is 5.69 Å². The Morgan fingerprint density at radius 1 is 1.12 bits per heavy atom. The highest BCUT2D eigenvalue weighted by atomic mass is 127. The lowest BCUT2D eigenvalue weighted by molar-refractivity contribution is 0.174. The molecule has 2 aromatic carbocycles. The molecule has 1 heterocycles. The van der Waals surface area contributed by atoms with Gasteiger partial charge in [-0.3, -0.25) is 4.99 Å². The van der Waals surface area contributed by atoms with Gasteiger partial charge in [0.2, 0.25) is 6.79 Å². The van der Waals surface area contributed by atoms with E-state index in [1.165, 1.54) is 6.26 Å². The summed E-state index contributed by atoms with van der Waals surface area (Å²) in [4.78, 5) is 4.40. The number of halogens is 1. The number of nitrogens with one attached hydrogen (secondary N) is 2. The lowest BCUT2D eigenvalue weighted by Gasteiger charge is -2.14. The van der Waals surface area contributed by atoms with E-state index in [0.717, 1.165) is 34.9 Å². The highest BCUT2D eigenvalue weighted by Gasteiger charge is 2.13. The van der Waals surface area contributed by atoms with Crippen molar-refractivity contribution in [3.05, 3.63) is 48.0 Å². The minimum Gasteiger partial charge on any atom is -0.491 e. The third-order valence-electron chi connectivity index (χ3n) is 4.36. The van der Waals surface area contributed by atoms with Gasteiger partial charge in [-0.05, 0) is 62.2 Å². The molecule has 0 spiro atoms. The van der Waals surface area contributed by atoms with Gasteiger partial charge in [-0.25, -0.2) is 8.42 Å². The smallest absolute Gasteiger partial charge is 0.231 e. The molecule has 0 aliphatic carbocycles. The number of hydrogen-bond acceptors (Lipinski definition) is 6. The molecule has 10 heteroatoms. The van der Waals surface area contributed by atoms with Crippen molar-refractivity contribution in [2.24, 2.45) is 4.99 Å². The Morgan fingerprint density at radius 2 is 1.84 bits per heavy atom. The molecule has 32 heavy (non-hydrogen) atoms. The first-order chi connectivity index (χ1) is 14.8. The third kappa shape index (κ3) is 8.73. The van der Waals surface area contributed by atoms with Gasteiger partial charge in [0.15, 0.2) is 17.5 Å². The zero-order valence-corrected chi connectivity index (χ0v) is 21.6. The van der Waals surface area contributed by atoms with Crippen molar-refractivity contribution in [1.29, 1.82) is 0 Å². The summed E-state index contributed by atoms with van der Waals surface area (Å²) in [5, 5.41) is 6.48. The van der Waals surface area contributed by atoms with E-state index in [9.17, 15) is 8.42 Å². The first-order valence-corrected chi connectivity index (χ1v) is 12.2. The van der Waals surface area contributed by atoms with Gasteiger partial charge >= 0.3 is 0 Å². The Morgan fingerprint density at radius 3 is 2.53 bits per heavy atom. The largest absolute Gasteiger partial charge is 0.491 e. The van der Waals surface area contributed by atoms with E-state index in [0.29, 0.717) is 12.5 Å². The van der Waals surface area contributed by atoms with Crippen molar-refractivity contribution >= 4 is 45.5 Å². The van der Waals surface area contributed by atoms with E-state index in [1.807, 2.05) is 56.3 Å². The molecule has 0 atom stereocenters. The van der Waals surface area contributed by atoms with Crippen LogP contribution in [-0.4, -0.2) is 52.4 Å². The van der Waals surface area contributed by atoms with Crippen molar-refractivity contribution in [2.75, 3.05) is 37.2 Å². The summed E-state index contributed by atoms with van der Waals surface area (Å²) in [7, 11) is -3.08. The molecule has 0 saturated heterocycles. The topological polar surface area (TPSA) is 98.2 Å². The van der Waals surface area contributed by atoms with Crippen LogP contribution in [0, 0.1) is 0 Å². The number of hydrogen-bond donors (Lipinski definition) is 2. The predicted molar refractivity (Wildman–Crippen MR) is 138 cm³/mol. The molecule has 1 aliphatic heterocycles. The van der Waals surface area contributed by atoms with Crippen molar-refractivity contribution in [3.8, 4) is 17.2 Å². The molecule has 0 unspecified atom stereocenters. The van der Waals surface area contributed by atoms with Crippen LogP contribution in [-0.2, 0) is 16.3 Å². The summed E-state index contributed by atoms with van der Waals surface area (Å²) in [5.74, 6) is 2.80. The molecule has 0 radical (unpaired) electrons. The second-order valence-electron chi connectivity index (χ2n) is 7.54. The lowest BCUT2D eigenvalue weighted by Crippen LogP contribution is -2.33. The second kappa shape index (κ2) is 12.1. The number of rotatable bonds is 9. The van der Waals surface area contributed by atoms with E-state index in [4.69, 9.17) is 14.2 Å². The standard InChI is InChI=1S/C22H29N3O5S.HI/c1-16(2)30-19-7-5-18(6-8-19)25-22(24-12-13-31(3,26)27)23-11-10-17-4-9-20-21(14-17)29-15-28-20;/h4-9,14,16H,10-13,15H2,1-3H3,(H2,23,24,25);1H. The average molecular weight is 575 g/mol. The SMILES string of the molecule is CC(C)Oc1ccc(NC(=NCCS(C)(=O)=O)NCCc2ccc3c(c2)OCO3)cc1.I. The van der Waals surface area contributed by atoms with E-state index in [1.54, 1.807) is 0 Å². The summed E-state index contributed by atoms with van der Waals surface area (Å²) in [6.45, 7) is 4.98. The minimum atomic E-state index is -3.08. The molecule has 3 rings (SSSR count). The number of benzene rings is 2. The van der Waals surface area contributed by atoms with Crippen molar-refractivity contribution in [2.45, 2.75) is 26.4 Å². The van der Waals surface area contributed by atoms with Gasteiger partial charge < -0.3 is 24.8 Å². The van der Waals surface area contributed by atoms with Gasteiger partial charge in [-0.2, -0.15) is 0 Å². The normalized spacial score (nSPS) is 12.9. The number of nitrogens with zero attached hydrogens (tertiary/aromatic N) is 1. The Balaban J connectivity index is 0.00000363. The number of anilines is 1. The molecule has 2 aromatic rings. The number of aliphatic imine (C=N–C) groups is 1. The summed E-state index contributed by atoms with van der Waals surface area (Å²) in [6.07, 6.45) is 2.05. The Bertz CT molecular complexity index is 1010. The number of ether oxygens (including phenoxy) is 3. The first kappa shape index (κ1) is 26.0. The molecular formula is C22H30IN3O5S. The molecule has 176 valence electrons. The molecule has 1 aliphatic rings. The fraction of sp³-hybridized carbons (Fsp3) is 0.409. The van der Waals surface area contributed by atoms with Crippen LogP contribution >= 0.6 is 24.0 Å². The quantitative estimate of drug-likeness (QED) is 0.269. The number of guanidine groups is 1. The Labute approximate surface area is 206 Å². The third-order valence-corrected chi connectivity index (χ3v) is 5.29. The Hall–Kier alpha value is -2.21. The molecule has 0 bridgehead atoms. The summed E-state index contributed by atoms with van der Waals surface area (Å²) in [6, 6.07) is 13.4. The van der Waals surface area contributed by atoms with E-state index < -0.39 is 9.84 Å². The minimum absolute atomic E-state index is 0. The lowest BCUT2D eigenvalue weighted by atomic mass is 10.1. The predicted octanol–water partition coefficient (Wildman–Crippen LogP) is 3.47. The van der Waals surface area contributed by atoms with Gasteiger partial charge in [0, 0.05) is 18.5 Å². The van der Waals surface area contributed by atoms with Crippen molar-refractivity contribution in [1.82, 2.24) is 5.32 Å². The monoisotopic (exact) mass is 575 g/mol.